The maximum absolute atomic E-state index is 12.5. The van der Waals surface area contributed by atoms with Crippen molar-refractivity contribution in [2.24, 2.45) is 0 Å². The Balaban J connectivity index is 1.29. The molecule has 0 atom stereocenters. The summed E-state index contributed by atoms with van der Waals surface area (Å²) in [6.45, 7) is 0.521. The van der Waals surface area contributed by atoms with Crippen LogP contribution in [-0.4, -0.2) is 29.8 Å². The molecule has 7 nitrogen and oxygen atoms in total. The first-order valence-corrected chi connectivity index (χ1v) is 10.7. The lowest BCUT2D eigenvalue weighted by Gasteiger charge is -2.12. The van der Waals surface area contributed by atoms with Gasteiger partial charge in [0.15, 0.2) is 0 Å². The third kappa shape index (κ3) is 6.20. The fourth-order valence-electron chi connectivity index (χ4n) is 3.27. The number of para-hydroxylation sites is 2. The SMILES string of the molecule is COc1ccc(-c2noc(CCC(=O)Nc3ccccc3OCCc3ccccc3)n2)cc1. The molecule has 0 unspecified atom stereocenters. The average molecular weight is 444 g/mol. The molecule has 0 aliphatic carbocycles. The molecule has 1 aromatic heterocycles. The van der Waals surface area contributed by atoms with E-state index in [0.717, 1.165) is 17.7 Å². The van der Waals surface area contributed by atoms with E-state index >= 15 is 0 Å². The number of carbonyl (C=O) groups excluding carboxylic acids is 1. The highest BCUT2D eigenvalue weighted by Gasteiger charge is 2.12. The van der Waals surface area contributed by atoms with Crippen molar-refractivity contribution in [1.29, 1.82) is 0 Å². The third-order valence-electron chi connectivity index (χ3n) is 5.03. The Morgan fingerprint density at radius 3 is 2.48 bits per heavy atom. The van der Waals surface area contributed by atoms with Gasteiger partial charge in [-0.2, -0.15) is 4.98 Å². The van der Waals surface area contributed by atoms with Crippen LogP contribution >= 0.6 is 0 Å². The Labute approximate surface area is 192 Å². The summed E-state index contributed by atoms with van der Waals surface area (Å²) in [5, 5.41) is 6.91. The van der Waals surface area contributed by atoms with Gasteiger partial charge in [0, 0.05) is 24.8 Å². The largest absolute Gasteiger partial charge is 0.497 e. The van der Waals surface area contributed by atoms with Crippen LogP contribution in [0.4, 0.5) is 5.69 Å². The lowest BCUT2D eigenvalue weighted by atomic mass is 10.2. The van der Waals surface area contributed by atoms with Crippen molar-refractivity contribution >= 4 is 11.6 Å². The summed E-state index contributed by atoms with van der Waals surface area (Å²) >= 11 is 0. The summed E-state index contributed by atoms with van der Waals surface area (Å²) in [5.74, 6) is 2.12. The molecule has 168 valence electrons. The Morgan fingerprint density at radius 1 is 0.939 bits per heavy atom. The van der Waals surface area contributed by atoms with Gasteiger partial charge in [-0.05, 0) is 42.0 Å². The molecule has 4 rings (SSSR count). The van der Waals surface area contributed by atoms with Crippen molar-refractivity contribution in [3.63, 3.8) is 0 Å². The fraction of sp³-hybridized carbons (Fsp3) is 0.192. The Kier molecular flexibility index (Phi) is 7.33. The number of aryl methyl sites for hydroxylation is 1. The number of methoxy groups -OCH3 is 1. The number of hydrogen-bond acceptors (Lipinski definition) is 6. The first-order valence-electron chi connectivity index (χ1n) is 10.7. The van der Waals surface area contributed by atoms with Crippen molar-refractivity contribution in [3.05, 3.63) is 90.3 Å². The number of anilines is 1. The molecule has 0 radical (unpaired) electrons. The monoisotopic (exact) mass is 443 g/mol. The minimum Gasteiger partial charge on any atom is -0.497 e. The summed E-state index contributed by atoms with van der Waals surface area (Å²) in [4.78, 5) is 16.9. The zero-order valence-corrected chi connectivity index (χ0v) is 18.4. The first-order chi connectivity index (χ1) is 16.2. The van der Waals surface area contributed by atoms with E-state index in [0.29, 0.717) is 36.2 Å². The van der Waals surface area contributed by atoms with Gasteiger partial charge in [0.2, 0.25) is 17.6 Å². The molecule has 0 saturated carbocycles. The van der Waals surface area contributed by atoms with Gasteiger partial charge in [0.1, 0.15) is 11.5 Å². The Hall–Kier alpha value is -4.13. The normalized spacial score (nSPS) is 10.6. The highest BCUT2D eigenvalue weighted by atomic mass is 16.5. The third-order valence-corrected chi connectivity index (χ3v) is 5.03. The predicted molar refractivity (Wildman–Crippen MR) is 125 cm³/mol. The molecule has 3 aromatic carbocycles. The van der Waals surface area contributed by atoms with Crippen LogP contribution in [0, 0.1) is 0 Å². The summed E-state index contributed by atoms with van der Waals surface area (Å²) < 4.78 is 16.4. The summed E-state index contributed by atoms with van der Waals surface area (Å²) in [7, 11) is 1.61. The molecule has 0 spiro atoms. The molecule has 4 aromatic rings. The standard InChI is InChI=1S/C26H25N3O4/c1-31-21-13-11-20(12-14-21)26-28-25(33-29-26)16-15-24(30)27-22-9-5-6-10-23(22)32-18-17-19-7-3-2-4-8-19/h2-14H,15-18H2,1H3,(H,27,30). The molecule has 0 aliphatic rings. The van der Waals surface area contributed by atoms with Gasteiger partial charge in [-0.3, -0.25) is 4.79 Å². The summed E-state index contributed by atoms with van der Waals surface area (Å²) in [6.07, 6.45) is 1.34. The van der Waals surface area contributed by atoms with Gasteiger partial charge in [-0.1, -0.05) is 47.6 Å². The maximum atomic E-state index is 12.5. The summed E-state index contributed by atoms with van der Waals surface area (Å²) in [6, 6.07) is 24.9. The van der Waals surface area contributed by atoms with Gasteiger partial charge in [0.25, 0.3) is 0 Å². The number of carbonyl (C=O) groups is 1. The topological polar surface area (TPSA) is 86.5 Å². The second-order valence-electron chi connectivity index (χ2n) is 7.37. The average Bonchev–Trinajstić information content (AvgIpc) is 3.34. The van der Waals surface area contributed by atoms with Crippen LogP contribution in [0.1, 0.15) is 17.9 Å². The van der Waals surface area contributed by atoms with E-state index in [4.69, 9.17) is 14.0 Å². The van der Waals surface area contributed by atoms with Gasteiger partial charge < -0.3 is 19.3 Å². The first kappa shape index (κ1) is 22.1. The molecule has 1 amide bonds. The van der Waals surface area contributed by atoms with Crippen LogP contribution in [0.25, 0.3) is 11.4 Å². The number of nitrogens with one attached hydrogen (secondary N) is 1. The van der Waals surface area contributed by atoms with Crippen LogP contribution in [0.15, 0.2) is 83.4 Å². The quantitative estimate of drug-likeness (QED) is 0.374. The van der Waals surface area contributed by atoms with Crippen LogP contribution < -0.4 is 14.8 Å². The lowest BCUT2D eigenvalue weighted by Crippen LogP contribution is -2.14. The minimum atomic E-state index is -0.154. The number of ether oxygens (including phenoxy) is 2. The number of aromatic nitrogens is 2. The summed E-state index contributed by atoms with van der Waals surface area (Å²) in [5.41, 5.74) is 2.66. The molecule has 1 heterocycles. The predicted octanol–water partition coefficient (Wildman–Crippen LogP) is 4.94. The van der Waals surface area contributed by atoms with Gasteiger partial charge in [0.05, 0.1) is 19.4 Å². The van der Waals surface area contributed by atoms with E-state index in [1.54, 1.807) is 7.11 Å². The Morgan fingerprint density at radius 2 is 1.70 bits per heavy atom. The zero-order chi connectivity index (χ0) is 22.9. The van der Waals surface area contributed by atoms with E-state index in [2.05, 4.69) is 27.6 Å². The lowest BCUT2D eigenvalue weighted by molar-refractivity contribution is -0.116. The van der Waals surface area contributed by atoms with Crippen molar-refractivity contribution in [3.8, 4) is 22.9 Å². The molecule has 33 heavy (non-hydrogen) atoms. The highest BCUT2D eigenvalue weighted by Crippen LogP contribution is 2.24. The van der Waals surface area contributed by atoms with Crippen LogP contribution in [0.3, 0.4) is 0 Å². The molecule has 1 N–H and O–H groups in total. The fourth-order valence-corrected chi connectivity index (χ4v) is 3.27. The molecule has 0 bridgehead atoms. The van der Waals surface area contributed by atoms with Crippen molar-refractivity contribution in [2.75, 3.05) is 19.0 Å². The second-order valence-corrected chi connectivity index (χ2v) is 7.37. The maximum Gasteiger partial charge on any atom is 0.227 e. The Bertz CT molecular complexity index is 1170. The van der Waals surface area contributed by atoms with Crippen LogP contribution in [-0.2, 0) is 17.6 Å². The zero-order valence-electron chi connectivity index (χ0n) is 18.4. The highest BCUT2D eigenvalue weighted by molar-refractivity contribution is 5.92. The second kappa shape index (κ2) is 10.9. The van der Waals surface area contributed by atoms with Gasteiger partial charge in [-0.25, -0.2) is 0 Å². The molecule has 0 aliphatic heterocycles. The van der Waals surface area contributed by atoms with Crippen molar-refractivity contribution in [2.45, 2.75) is 19.3 Å². The van der Waals surface area contributed by atoms with E-state index < -0.39 is 0 Å². The minimum absolute atomic E-state index is 0.154. The molecular formula is C26H25N3O4. The number of benzene rings is 3. The van der Waals surface area contributed by atoms with E-state index in [9.17, 15) is 4.79 Å². The van der Waals surface area contributed by atoms with E-state index in [1.807, 2.05) is 66.7 Å². The number of hydrogen-bond donors (Lipinski definition) is 1. The van der Waals surface area contributed by atoms with Crippen molar-refractivity contribution < 1.29 is 18.8 Å². The van der Waals surface area contributed by atoms with E-state index in [-0.39, 0.29) is 12.3 Å². The van der Waals surface area contributed by atoms with Gasteiger partial charge >= 0.3 is 0 Å². The smallest absolute Gasteiger partial charge is 0.227 e. The molecule has 0 saturated heterocycles. The van der Waals surface area contributed by atoms with Crippen molar-refractivity contribution in [1.82, 2.24) is 10.1 Å². The number of rotatable bonds is 10. The van der Waals surface area contributed by atoms with Crippen LogP contribution in [0.5, 0.6) is 11.5 Å². The molecule has 0 fully saturated rings. The van der Waals surface area contributed by atoms with Crippen LogP contribution in [0.2, 0.25) is 0 Å². The number of nitrogens with zero attached hydrogens (tertiary/aromatic N) is 2. The van der Waals surface area contributed by atoms with E-state index in [1.165, 1.54) is 5.56 Å². The molecule has 7 heteroatoms. The van der Waals surface area contributed by atoms with Gasteiger partial charge in [-0.15, -0.1) is 0 Å². The molecular weight excluding hydrogens is 418 g/mol. The number of amides is 1.